The predicted octanol–water partition coefficient (Wildman–Crippen LogP) is 3.51. The zero-order valence-corrected chi connectivity index (χ0v) is 13.0. The van der Waals surface area contributed by atoms with Crippen LogP contribution in [-0.4, -0.2) is 29.6 Å². The third kappa shape index (κ3) is 4.20. The standard InChI is InChI=1S/C18H24N4/c1-3-8-16(9-4-1)10-7-12-19-17-11-13-20-18(21-17)22-14-5-2-6-15-22/h1,3-4,8-9,11,13H,2,5-7,10,12,14-15H2,(H,19,20,21). The summed E-state index contributed by atoms with van der Waals surface area (Å²) in [5.74, 6) is 1.80. The molecule has 0 amide bonds. The number of hydrogen-bond acceptors (Lipinski definition) is 4. The van der Waals surface area contributed by atoms with Crippen LogP contribution in [0.4, 0.5) is 11.8 Å². The van der Waals surface area contributed by atoms with Gasteiger partial charge in [-0.05, 0) is 43.7 Å². The normalized spacial score (nSPS) is 14.8. The van der Waals surface area contributed by atoms with Crippen molar-refractivity contribution in [3.05, 3.63) is 48.2 Å². The van der Waals surface area contributed by atoms with Crippen LogP contribution in [0.25, 0.3) is 0 Å². The lowest BCUT2D eigenvalue weighted by molar-refractivity contribution is 0.568. The van der Waals surface area contributed by atoms with E-state index in [0.717, 1.165) is 44.2 Å². The third-order valence-electron chi connectivity index (χ3n) is 4.07. The molecular formula is C18H24N4. The molecule has 1 aliphatic rings. The summed E-state index contributed by atoms with van der Waals surface area (Å²) in [5, 5.41) is 3.42. The fourth-order valence-corrected chi connectivity index (χ4v) is 2.85. The average Bonchev–Trinajstić information content (AvgIpc) is 2.61. The van der Waals surface area contributed by atoms with E-state index in [1.807, 2.05) is 12.3 Å². The third-order valence-corrected chi connectivity index (χ3v) is 4.07. The molecule has 0 atom stereocenters. The SMILES string of the molecule is c1ccc(CCCNc2ccnc(N3CCCCC3)n2)cc1. The van der Waals surface area contributed by atoms with E-state index in [2.05, 4.69) is 50.5 Å². The van der Waals surface area contributed by atoms with Gasteiger partial charge in [0.2, 0.25) is 5.95 Å². The van der Waals surface area contributed by atoms with Crippen LogP contribution in [-0.2, 0) is 6.42 Å². The predicted molar refractivity (Wildman–Crippen MR) is 91.3 cm³/mol. The second-order valence-corrected chi connectivity index (χ2v) is 5.81. The van der Waals surface area contributed by atoms with Crippen LogP contribution in [0.15, 0.2) is 42.6 Å². The van der Waals surface area contributed by atoms with E-state index in [4.69, 9.17) is 0 Å². The molecule has 4 nitrogen and oxygen atoms in total. The highest BCUT2D eigenvalue weighted by Crippen LogP contribution is 2.16. The molecule has 0 aliphatic carbocycles. The Kier molecular flexibility index (Phi) is 5.24. The Morgan fingerprint density at radius 3 is 2.64 bits per heavy atom. The van der Waals surface area contributed by atoms with Gasteiger partial charge in [-0.15, -0.1) is 0 Å². The smallest absolute Gasteiger partial charge is 0.227 e. The van der Waals surface area contributed by atoms with Gasteiger partial charge in [0.25, 0.3) is 0 Å². The van der Waals surface area contributed by atoms with Gasteiger partial charge in [0.1, 0.15) is 5.82 Å². The lowest BCUT2D eigenvalue weighted by atomic mass is 10.1. The van der Waals surface area contributed by atoms with Crippen molar-refractivity contribution in [2.45, 2.75) is 32.1 Å². The van der Waals surface area contributed by atoms with E-state index in [1.165, 1.54) is 24.8 Å². The highest BCUT2D eigenvalue weighted by atomic mass is 15.3. The Bertz CT molecular complexity index is 564. The number of nitrogens with one attached hydrogen (secondary N) is 1. The van der Waals surface area contributed by atoms with E-state index in [9.17, 15) is 0 Å². The van der Waals surface area contributed by atoms with E-state index in [0.29, 0.717) is 0 Å². The van der Waals surface area contributed by atoms with E-state index in [-0.39, 0.29) is 0 Å². The van der Waals surface area contributed by atoms with Gasteiger partial charge < -0.3 is 10.2 Å². The van der Waals surface area contributed by atoms with Crippen LogP contribution < -0.4 is 10.2 Å². The summed E-state index contributed by atoms with van der Waals surface area (Å²) in [4.78, 5) is 11.3. The minimum absolute atomic E-state index is 0.868. The fraction of sp³-hybridized carbons (Fsp3) is 0.444. The molecular weight excluding hydrogens is 272 g/mol. The molecule has 1 aromatic heterocycles. The largest absolute Gasteiger partial charge is 0.370 e. The molecule has 4 heteroatoms. The molecule has 1 saturated heterocycles. The summed E-state index contributed by atoms with van der Waals surface area (Å²) in [6, 6.07) is 12.6. The maximum Gasteiger partial charge on any atom is 0.227 e. The highest BCUT2D eigenvalue weighted by Gasteiger charge is 2.13. The van der Waals surface area contributed by atoms with E-state index < -0.39 is 0 Å². The van der Waals surface area contributed by atoms with Gasteiger partial charge in [0.05, 0.1) is 0 Å². The van der Waals surface area contributed by atoms with Gasteiger partial charge in [-0.25, -0.2) is 4.98 Å². The highest BCUT2D eigenvalue weighted by molar-refractivity contribution is 5.41. The Morgan fingerprint density at radius 2 is 1.82 bits per heavy atom. The molecule has 3 rings (SSSR count). The maximum atomic E-state index is 4.64. The summed E-state index contributed by atoms with van der Waals surface area (Å²) in [6.45, 7) is 3.10. The molecule has 1 fully saturated rings. The number of piperidine rings is 1. The van der Waals surface area contributed by atoms with Crippen LogP contribution in [0.3, 0.4) is 0 Å². The zero-order valence-electron chi connectivity index (χ0n) is 13.0. The number of benzene rings is 1. The lowest BCUT2D eigenvalue weighted by Crippen LogP contribution is -2.31. The summed E-state index contributed by atoms with van der Waals surface area (Å²) in [5.41, 5.74) is 1.39. The second-order valence-electron chi connectivity index (χ2n) is 5.81. The molecule has 1 aliphatic heterocycles. The zero-order chi connectivity index (χ0) is 15.0. The minimum atomic E-state index is 0.868. The van der Waals surface area contributed by atoms with Gasteiger partial charge in [-0.2, -0.15) is 4.98 Å². The molecule has 0 saturated carbocycles. The number of anilines is 2. The number of aryl methyl sites for hydroxylation is 1. The summed E-state index contributed by atoms with van der Waals surface area (Å²) in [7, 11) is 0. The molecule has 1 aromatic carbocycles. The van der Waals surface area contributed by atoms with Crippen LogP contribution in [0, 0.1) is 0 Å². The first-order valence-corrected chi connectivity index (χ1v) is 8.27. The van der Waals surface area contributed by atoms with Gasteiger partial charge in [0.15, 0.2) is 0 Å². The van der Waals surface area contributed by atoms with Gasteiger partial charge in [0, 0.05) is 25.8 Å². The maximum absolute atomic E-state index is 4.64. The van der Waals surface area contributed by atoms with E-state index >= 15 is 0 Å². The molecule has 116 valence electrons. The summed E-state index contributed by atoms with van der Waals surface area (Å²) >= 11 is 0. The number of hydrogen-bond donors (Lipinski definition) is 1. The van der Waals surface area contributed by atoms with Crippen molar-refractivity contribution < 1.29 is 0 Å². The molecule has 1 N–H and O–H groups in total. The lowest BCUT2D eigenvalue weighted by Gasteiger charge is -2.26. The minimum Gasteiger partial charge on any atom is -0.370 e. The van der Waals surface area contributed by atoms with E-state index in [1.54, 1.807) is 0 Å². The van der Waals surface area contributed by atoms with Crippen molar-refractivity contribution in [1.82, 2.24) is 9.97 Å². The van der Waals surface area contributed by atoms with Crippen molar-refractivity contribution in [3.8, 4) is 0 Å². The van der Waals surface area contributed by atoms with Crippen molar-refractivity contribution in [3.63, 3.8) is 0 Å². The number of nitrogens with zero attached hydrogens (tertiary/aromatic N) is 3. The Hall–Kier alpha value is -2.10. The molecule has 2 heterocycles. The van der Waals surface area contributed by atoms with Crippen molar-refractivity contribution >= 4 is 11.8 Å². The van der Waals surface area contributed by atoms with Crippen molar-refractivity contribution in [1.29, 1.82) is 0 Å². The first kappa shape index (κ1) is 14.8. The average molecular weight is 296 g/mol. The molecule has 2 aromatic rings. The summed E-state index contributed by atoms with van der Waals surface area (Å²) in [6.07, 6.45) is 7.88. The number of rotatable bonds is 6. The van der Waals surface area contributed by atoms with Gasteiger partial charge in [-0.3, -0.25) is 0 Å². The second kappa shape index (κ2) is 7.78. The topological polar surface area (TPSA) is 41.1 Å². The monoisotopic (exact) mass is 296 g/mol. The Labute approximate surface area is 132 Å². The van der Waals surface area contributed by atoms with Gasteiger partial charge >= 0.3 is 0 Å². The van der Waals surface area contributed by atoms with Gasteiger partial charge in [-0.1, -0.05) is 30.3 Å². The number of aromatic nitrogens is 2. The Balaban J connectivity index is 1.48. The molecule has 0 unspecified atom stereocenters. The van der Waals surface area contributed by atoms with Crippen LogP contribution in [0.2, 0.25) is 0 Å². The van der Waals surface area contributed by atoms with Crippen molar-refractivity contribution in [2.24, 2.45) is 0 Å². The Morgan fingerprint density at radius 1 is 1.00 bits per heavy atom. The molecule has 22 heavy (non-hydrogen) atoms. The first-order chi connectivity index (χ1) is 10.9. The quantitative estimate of drug-likeness (QED) is 0.828. The summed E-state index contributed by atoms with van der Waals surface area (Å²) < 4.78 is 0. The van der Waals surface area contributed by atoms with Crippen LogP contribution in [0.1, 0.15) is 31.2 Å². The first-order valence-electron chi connectivity index (χ1n) is 8.27. The molecule has 0 radical (unpaired) electrons. The molecule has 0 bridgehead atoms. The molecule has 0 spiro atoms. The van der Waals surface area contributed by atoms with Crippen LogP contribution >= 0.6 is 0 Å². The fourth-order valence-electron chi connectivity index (χ4n) is 2.85. The van der Waals surface area contributed by atoms with Crippen LogP contribution in [0.5, 0.6) is 0 Å². The van der Waals surface area contributed by atoms with Crippen molar-refractivity contribution in [2.75, 3.05) is 29.9 Å².